The minimum atomic E-state index is -0.633. The van der Waals surface area contributed by atoms with Crippen molar-refractivity contribution in [3.8, 4) is 0 Å². The van der Waals surface area contributed by atoms with E-state index in [-0.39, 0.29) is 18.4 Å². The second kappa shape index (κ2) is 6.38. The molecule has 0 saturated carbocycles. The molecule has 1 atom stereocenters. The molecule has 76 valence electrons. The Morgan fingerprint density at radius 2 is 2.15 bits per heavy atom. The first-order valence-electron chi connectivity index (χ1n) is 3.98. The molecule has 1 unspecified atom stereocenters. The van der Waals surface area contributed by atoms with Gasteiger partial charge in [0.2, 0.25) is 11.8 Å². The summed E-state index contributed by atoms with van der Waals surface area (Å²) in [4.78, 5) is 25.8. The van der Waals surface area contributed by atoms with Crippen molar-refractivity contribution in [1.29, 1.82) is 0 Å². The monoisotopic (exact) mass is 189 g/mol. The number of hydrogen-bond acceptors (Lipinski definition) is 4. The molecule has 0 fully saturated rings. The van der Waals surface area contributed by atoms with Crippen molar-refractivity contribution in [3.05, 3.63) is 0 Å². The van der Waals surface area contributed by atoms with Gasteiger partial charge in [-0.3, -0.25) is 14.4 Å². The lowest BCUT2D eigenvalue weighted by Crippen LogP contribution is -2.33. The molecular weight excluding hydrogens is 174 g/mol. The number of rotatable bonds is 6. The van der Waals surface area contributed by atoms with E-state index in [4.69, 9.17) is 11.5 Å². The Labute approximate surface area is 76.5 Å². The van der Waals surface area contributed by atoms with Crippen LogP contribution in [0.25, 0.3) is 0 Å². The summed E-state index contributed by atoms with van der Waals surface area (Å²) in [5.41, 5.74) is 12.1. The fourth-order valence-electron chi connectivity index (χ4n) is 0.660. The lowest BCUT2D eigenvalue weighted by Gasteiger charge is -2.09. The zero-order chi connectivity index (χ0) is 10.3. The van der Waals surface area contributed by atoms with E-state index in [1.165, 1.54) is 0 Å². The number of amides is 2. The van der Waals surface area contributed by atoms with Crippen molar-refractivity contribution >= 4 is 11.8 Å². The van der Waals surface area contributed by atoms with Crippen molar-refractivity contribution < 1.29 is 14.4 Å². The number of nitrogens with one attached hydrogen (secondary N) is 1. The third kappa shape index (κ3) is 6.06. The van der Waals surface area contributed by atoms with Crippen LogP contribution < -0.4 is 16.9 Å². The van der Waals surface area contributed by atoms with Gasteiger partial charge in [0.1, 0.15) is 0 Å². The average Bonchev–Trinajstić information content (AvgIpc) is 2.04. The minimum absolute atomic E-state index is 0.224. The van der Waals surface area contributed by atoms with E-state index in [0.29, 0.717) is 13.0 Å². The Hall–Kier alpha value is -1.14. The van der Waals surface area contributed by atoms with Crippen LogP contribution in [0.5, 0.6) is 0 Å². The second-order valence-electron chi connectivity index (χ2n) is 2.70. The zero-order valence-electron chi connectivity index (χ0n) is 7.58. The molecule has 0 aromatic heterocycles. The maximum absolute atomic E-state index is 11.1. The summed E-state index contributed by atoms with van der Waals surface area (Å²) < 4.78 is 0. The van der Waals surface area contributed by atoms with E-state index in [1.54, 1.807) is 6.92 Å². The Morgan fingerprint density at radius 1 is 1.54 bits per heavy atom. The van der Waals surface area contributed by atoms with Crippen LogP contribution in [-0.4, -0.2) is 25.0 Å². The predicted molar refractivity (Wildman–Crippen MR) is 46.1 cm³/mol. The minimum Gasteiger partial charge on any atom is -0.368 e. The van der Waals surface area contributed by atoms with E-state index < -0.39 is 5.91 Å². The van der Waals surface area contributed by atoms with Crippen LogP contribution in [0.2, 0.25) is 0 Å². The van der Waals surface area contributed by atoms with Gasteiger partial charge in [0.15, 0.2) is 6.61 Å². The highest BCUT2D eigenvalue weighted by molar-refractivity contribution is 5.78. The summed E-state index contributed by atoms with van der Waals surface area (Å²) in [6, 6.07) is 0. The van der Waals surface area contributed by atoms with Gasteiger partial charge in [-0.05, 0) is 13.0 Å². The summed E-state index contributed by atoms with van der Waals surface area (Å²) in [5, 5.41) is 0. The number of primary amides is 1. The molecule has 0 aromatic carbocycles. The molecule has 0 saturated heterocycles. The van der Waals surface area contributed by atoms with Crippen LogP contribution in [0.4, 0.5) is 0 Å². The topological polar surface area (TPSA) is 107 Å². The zero-order valence-corrected chi connectivity index (χ0v) is 7.58. The van der Waals surface area contributed by atoms with E-state index in [2.05, 4.69) is 10.3 Å². The Balaban J connectivity index is 3.55. The van der Waals surface area contributed by atoms with E-state index >= 15 is 0 Å². The molecular formula is C7H15N3O3. The lowest BCUT2D eigenvalue weighted by molar-refractivity contribution is -0.140. The molecule has 13 heavy (non-hydrogen) atoms. The Bertz CT molecular complexity index is 184. The molecule has 0 spiro atoms. The van der Waals surface area contributed by atoms with Crippen molar-refractivity contribution in [2.75, 3.05) is 13.2 Å². The summed E-state index contributed by atoms with van der Waals surface area (Å²) in [6.07, 6.45) is 0.575. The first-order chi connectivity index (χ1) is 6.07. The summed E-state index contributed by atoms with van der Waals surface area (Å²) >= 11 is 0. The number of nitrogens with two attached hydrogens (primary N) is 2. The van der Waals surface area contributed by atoms with Crippen LogP contribution in [-0.2, 0) is 14.4 Å². The van der Waals surface area contributed by atoms with Gasteiger partial charge in [-0.2, -0.15) is 0 Å². The molecule has 6 nitrogen and oxygen atoms in total. The van der Waals surface area contributed by atoms with Gasteiger partial charge in [-0.25, -0.2) is 5.48 Å². The van der Waals surface area contributed by atoms with Crippen molar-refractivity contribution in [1.82, 2.24) is 5.48 Å². The molecule has 0 heterocycles. The van der Waals surface area contributed by atoms with E-state index in [9.17, 15) is 9.59 Å². The van der Waals surface area contributed by atoms with Crippen molar-refractivity contribution in [3.63, 3.8) is 0 Å². The van der Waals surface area contributed by atoms with Gasteiger partial charge < -0.3 is 11.5 Å². The van der Waals surface area contributed by atoms with Gasteiger partial charge in [0.25, 0.3) is 0 Å². The summed E-state index contributed by atoms with van der Waals surface area (Å²) in [6.45, 7) is 1.83. The lowest BCUT2D eigenvalue weighted by atomic mass is 10.1. The summed E-state index contributed by atoms with van der Waals surface area (Å²) in [7, 11) is 0. The van der Waals surface area contributed by atoms with E-state index in [1.807, 2.05) is 0 Å². The normalized spacial score (nSPS) is 12.2. The van der Waals surface area contributed by atoms with Crippen molar-refractivity contribution in [2.45, 2.75) is 13.3 Å². The van der Waals surface area contributed by atoms with Crippen LogP contribution in [0.15, 0.2) is 0 Å². The first-order valence-corrected chi connectivity index (χ1v) is 3.98. The van der Waals surface area contributed by atoms with E-state index in [0.717, 1.165) is 0 Å². The van der Waals surface area contributed by atoms with Gasteiger partial charge in [-0.15, -0.1) is 0 Å². The first kappa shape index (κ1) is 11.9. The third-order valence-corrected chi connectivity index (χ3v) is 1.43. The number of hydroxylamine groups is 1. The van der Waals surface area contributed by atoms with Crippen LogP contribution in [0.3, 0.4) is 0 Å². The van der Waals surface area contributed by atoms with Gasteiger partial charge >= 0.3 is 0 Å². The molecule has 6 heteroatoms. The van der Waals surface area contributed by atoms with Gasteiger partial charge in [-0.1, -0.05) is 6.92 Å². The standard InChI is InChI=1S/C7H15N3O3/c1-5(2-3-8)7(12)10-13-4-6(9)11/h5H,2-4,8H2,1H3,(H2,9,11)(H,10,12). The SMILES string of the molecule is CC(CCN)C(=O)NOCC(N)=O. The highest BCUT2D eigenvalue weighted by Gasteiger charge is 2.11. The third-order valence-electron chi connectivity index (χ3n) is 1.43. The molecule has 0 radical (unpaired) electrons. The van der Waals surface area contributed by atoms with Gasteiger partial charge in [0.05, 0.1) is 0 Å². The molecule has 0 rings (SSSR count). The summed E-state index contributed by atoms with van der Waals surface area (Å²) in [5.74, 6) is -1.16. The Morgan fingerprint density at radius 3 is 2.62 bits per heavy atom. The fraction of sp³-hybridized carbons (Fsp3) is 0.714. The molecule has 0 aliphatic rings. The Kier molecular flexibility index (Phi) is 5.82. The highest BCUT2D eigenvalue weighted by Crippen LogP contribution is 1.98. The van der Waals surface area contributed by atoms with Crippen LogP contribution in [0, 0.1) is 5.92 Å². The average molecular weight is 189 g/mol. The van der Waals surface area contributed by atoms with Crippen LogP contribution >= 0.6 is 0 Å². The van der Waals surface area contributed by atoms with Crippen LogP contribution in [0.1, 0.15) is 13.3 Å². The molecule has 2 amide bonds. The van der Waals surface area contributed by atoms with Crippen molar-refractivity contribution in [2.24, 2.45) is 17.4 Å². The van der Waals surface area contributed by atoms with Gasteiger partial charge in [0, 0.05) is 5.92 Å². The molecule has 0 aromatic rings. The molecule has 5 N–H and O–H groups in total. The maximum atomic E-state index is 11.1. The quantitative estimate of drug-likeness (QED) is 0.442. The maximum Gasteiger partial charge on any atom is 0.246 e. The molecule has 0 bridgehead atoms. The largest absolute Gasteiger partial charge is 0.368 e. The molecule has 0 aliphatic carbocycles. The fourth-order valence-corrected chi connectivity index (χ4v) is 0.660. The number of carbonyl (C=O) groups is 2. The number of carbonyl (C=O) groups excluding carboxylic acids is 2. The number of hydrogen-bond donors (Lipinski definition) is 3. The molecule has 0 aliphatic heterocycles. The predicted octanol–water partition coefficient (Wildman–Crippen LogP) is -1.50. The second-order valence-corrected chi connectivity index (χ2v) is 2.70. The smallest absolute Gasteiger partial charge is 0.246 e. The highest BCUT2D eigenvalue weighted by atomic mass is 16.7.